The molecular formula is C10H19NO2. The molecule has 0 spiro atoms. The molecule has 0 unspecified atom stereocenters. The first-order valence-electron chi connectivity index (χ1n) is 4.90. The lowest BCUT2D eigenvalue weighted by Gasteiger charge is -2.01. The van der Waals surface area contributed by atoms with Gasteiger partial charge in [-0.05, 0) is 18.9 Å². The molecule has 0 aromatic rings. The average Bonchev–Trinajstić information content (AvgIpc) is 2.13. The van der Waals surface area contributed by atoms with Gasteiger partial charge >= 0.3 is 6.09 Å². The first kappa shape index (κ1) is 12.0. The Kier molecular flexibility index (Phi) is 8.41. The van der Waals surface area contributed by atoms with Crippen molar-refractivity contribution in [1.29, 1.82) is 0 Å². The third kappa shape index (κ3) is 8.92. The van der Waals surface area contributed by atoms with Crippen LogP contribution in [0.3, 0.4) is 0 Å². The Morgan fingerprint density at radius 3 is 2.77 bits per heavy atom. The highest BCUT2D eigenvalue weighted by Gasteiger charge is 1.95. The second-order valence-electron chi connectivity index (χ2n) is 2.85. The van der Waals surface area contributed by atoms with Gasteiger partial charge in [-0.2, -0.15) is 0 Å². The van der Waals surface area contributed by atoms with E-state index < -0.39 is 0 Å². The second-order valence-corrected chi connectivity index (χ2v) is 2.85. The fourth-order valence-electron chi connectivity index (χ4n) is 0.754. The molecule has 0 aromatic carbocycles. The molecule has 0 aliphatic carbocycles. The fraction of sp³-hybridized carbons (Fsp3) is 0.700. The SMILES string of the molecule is CCC/C=C\OC(=O)NCCCC. The molecule has 3 nitrogen and oxygen atoms in total. The molecule has 0 fully saturated rings. The van der Waals surface area contributed by atoms with Crippen molar-refractivity contribution in [3.05, 3.63) is 12.3 Å². The van der Waals surface area contributed by atoms with E-state index in [0.717, 1.165) is 25.7 Å². The van der Waals surface area contributed by atoms with Gasteiger partial charge < -0.3 is 10.1 Å². The first-order chi connectivity index (χ1) is 6.31. The summed E-state index contributed by atoms with van der Waals surface area (Å²) in [7, 11) is 0. The van der Waals surface area contributed by atoms with Crippen LogP contribution in [0, 0.1) is 0 Å². The normalized spacial score (nSPS) is 10.3. The zero-order valence-corrected chi connectivity index (χ0v) is 8.51. The monoisotopic (exact) mass is 185 g/mol. The maximum Gasteiger partial charge on any atom is 0.411 e. The summed E-state index contributed by atoms with van der Waals surface area (Å²) >= 11 is 0. The topological polar surface area (TPSA) is 38.3 Å². The number of alkyl carbamates (subject to hydrolysis) is 1. The number of nitrogens with one attached hydrogen (secondary N) is 1. The van der Waals surface area contributed by atoms with Crippen molar-refractivity contribution in [3.63, 3.8) is 0 Å². The van der Waals surface area contributed by atoms with Crippen LogP contribution in [0.5, 0.6) is 0 Å². The summed E-state index contributed by atoms with van der Waals surface area (Å²) in [5.74, 6) is 0. The van der Waals surface area contributed by atoms with Crippen LogP contribution in [-0.2, 0) is 4.74 Å². The number of hydrogen-bond donors (Lipinski definition) is 1. The van der Waals surface area contributed by atoms with Crippen molar-refractivity contribution >= 4 is 6.09 Å². The molecule has 0 heterocycles. The van der Waals surface area contributed by atoms with E-state index >= 15 is 0 Å². The van der Waals surface area contributed by atoms with Gasteiger partial charge in [0, 0.05) is 6.54 Å². The summed E-state index contributed by atoms with van der Waals surface area (Å²) in [6, 6.07) is 0. The minimum Gasteiger partial charge on any atom is -0.419 e. The van der Waals surface area contributed by atoms with E-state index in [0.29, 0.717) is 6.54 Å². The molecule has 13 heavy (non-hydrogen) atoms. The Hall–Kier alpha value is -0.990. The number of allylic oxidation sites excluding steroid dienone is 1. The van der Waals surface area contributed by atoms with Crippen LogP contribution in [0.1, 0.15) is 39.5 Å². The predicted molar refractivity (Wildman–Crippen MR) is 53.4 cm³/mol. The summed E-state index contributed by atoms with van der Waals surface area (Å²) < 4.78 is 4.76. The van der Waals surface area contributed by atoms with E-state index in [9.17, 15) is 4.79 Å². The number of carbonyl (C=O) groups excluding carboxylic acids is 1. The van der Waals surface area contributed by atoms with Crippen molar-refractivity contribution in [3.8, 4) is 0 Å². The molecule has 0 saturated heterocycles. The molecule has 0 atom stereocenters. The third-order valence-electron chi connectivity index (χ3n) is 1.53. The highest BCUT2D eigenvalue weighted by Crippen LogP contribution is 1.90. The third-order valence-corrected chi connectivity index (χ3v) is 1.53. The quantitative estimate of drug-likeness (QED) is 0.510. The van der Waals surface area contributed by atoms with E-state index in [2.05, 4.69) is 19.2 Å². The molecule has 0 aliphatic rings. The van der Waals surface area contributed by atoms with E-state index in [1.165, 1.54) is 6.26 Å². The summed E-state index contributed by atoms with van der Waals surface area (Å²) in [5.41, 5.74) is 0. The van der Waals surface area contributed by atoms with Crippen molar-refractivity contribution in [2.45, 2.75) is 39.5 Å². The molecule has 76 valence electrons. The molecule has 0 aliphatic heterocycles. The fourth-order valence-corrected chi connectivity index (χ4v) is 0.754. The van der Waals surface area contributed by atoms with Crippen molar-refractivity contribution in [1.82, 2.24) is 5.32 Å². The smallest absolute Gasteiger partial charge is 0.411 e. The Morgan fingerprint density at radius 2 is 2.15 bits per heavy atom. The first-order valence-corrected chi connectivity index (χ1v) is 4.90. The number of carbonyl (C=O) groups is 1. The highest BCUT2D eigenvalue weighted by atomic mass is 16.5. The zero-order chi connectivity index (χ0) is 9.94. The van der Waals surface area contributed by atoms with Crippen LogP contribution in [0.2, 0.25) is 0 Å². The number of unbranched alkanes of at least 4 members (excludes halogenated alkanes) is 2. The molecule has 0 aromatic heterocycles. The lowest BCUT2D eigenvalue weighted by atomic mass is 10.3. The lowest BCUT2D eigenvalue weighted by molar-refractivity contribution is 0.185. The molecule has 1 N–H and O–H groups in total. The Labute approximate surface area is 80.2 Å². The zero-order valence-electron chi connectivity index (χ0n) is 8.51. The maximum absolute atomic E-state index is 10.9. The molecular weight excluding hydrogens is 166 g/mol. The molecule has 0 bridgehead atoms. The molecule has 0 radical (unpaired) electrons. The van der Waals surface area contributed by atoms with E-state index in [1.807, 2.05) is 6.08 Å². The predicted octanol–water partition coefficient (Wildman–Crippen LogP) is 2.83. The van der Waals surface area contributed by atoms with E-state index in [-0.39, 0.29) is 6.09 Å². The number of amides is 1. The Morgan fingerprint density at radius 1 is 1.38 bits per heavy atom. The van der Waals surface area contributed by atoms with Gasteiger partial charge in [-0.15, -0.1) is 0 Å². The Balaban J connectivity index is 3.29. The summed E-state index contributed by atoms with van der Waals surface area (Å²) in [6.07, 6.45) is 7.02. The molecule has 0 saturated carbocycles. The van der Waals surface area contributed by atoms with Gasteiger partial charge in [0.25, 0.3) is 0 Å². The summed E-state index contributed by atoms with van der Waals surface area (Å²) in [4.78, 5) is 10.9. The van der Waals surface area contributed by atoms with Gasteiger partial charge in [0.2, 0.25) is 0 Å². The summed E-state index contributed by atoms with van der Waals surface area (Å²) in [6.45, 7) is 4.84. The molecule has 0 rings (SSSR count). The number of hydrogen-bond acceptors (Lipinski definition) is 2. The van der Waals surface area contributed by atoms with Gasteiger partial charge in [-0.3, -0.25) is 0 Å². The molecule has 1 amide bonds. The minimum absolute atomic E-state index is 0.360. The van der Waals surface area contributed by atoms with Crippen molar-refractivity contribution in [2.75, 3.05) is 6.54 Å². The van der Waals surface area contributed by atoms with Crippen molar-refractivity contribution < 1.29 is 9.53 Å². The largest absolute Gasteiger partial charge is 0.419 e. The average molecular weight is 185 g/mol. The molecule has 3 heteroatoms. The van der Waals surface area contributed by atoms with Crippen LogP contribution in [-0.4, -0.2) is 12.6 Å². The highest BCUT2D eigenvalue weighted by molar-refractivity contribution is 5.67. The minimum atomic E-state index is -0.360. The maximum atomic E-state index is 10.9. The van der Waals surface area contributed by atoms with Crippen molar-refractivity contribution in [2.24, 2.45) is 0 Å². The Bertz CT molecular complexity index is 155. The van der Waals surface area contributed by atoms with Gasteiger partial charge in [0.15, 0.2) is 0 Å². The van der Waals surface area contributed by atoms with Crippen LogP contribution in [0.25, 0.3) is 0 Å². The van der Waals surface area contributed by atoms with E-state index in [4.69, 9.17) is 4.74 Å². The van der Waals surface area contributed by atoms with Crippen LogP contribution in [0.15, 0.2) is 12.3 Å². The van der Waals surface area contributed by atoms with Gasteiger partial charge in [0.1, 0.15) is 0 Å². The van der Waals surface area contributed by atoms with Gasteiger partial charge in [-0.25, -0.2) is 4.79 Å². The van der Waals surface area contributed by atoms with Crippen LogP contribution < -0.4 is 5.32 Å². The van der Waals surface area contributed by atoms with Gasteiger partial charge in [0.05, 0.1) is 6.26 Å². The standard InChI is InChI=1S/C10H19NO2/c1-3-5-7-9-13-10(12)11-8-6-4-2/h7,9H,3-6,8H2,1-2H3,(H,11,12)/b9-7-. The van der Waals surface area contributed by atoms with E-state index in [1.54, 1.807) is 0 Å². The lowest BCUT2D eigenvalue weighted by Crippen LogP contribution is -2.23. The van der Waals surface area contributed by atoms with Crippen LogP contribution >= 0.6 is 0 Å². The number of ether oxygens (including phenoxy) is 1. The summed E-state index contributed by atoms with van der Waals surface area (Å²) in [5, 5.41) is 2.65. The second kappa shape index (κ2) is 9.10. The van der Waals surface area contributed by atoms with Crippen LogP contribution in [0.4, 0.5) is 4.79 Å². The number of rotatable bonds is 6. The van der Waals surface area contributed by atoms with Gasteiger partial charge in [-0.1, -0.05) is 26.7 Å².